The lowest BCUT2D eigenvalue weighted by molar-refractivity contribution is -0.117. The Bertz CT molecular complexity index is 488. The molecule has 3 heteroatoms. The van der Waals surface area contributed by atoms with E-state index in [2.05, 4.69) is 43.4 Å². The number of anilines is 1. The zero-order valence-corrected chi connectivity index (χ0v) is 13.1. The highest BCUT2D eigenvalue weighted by Gasteiger charge is 2.30. The van der Waals surface area contributed by atoms with Gasteiger partial charge in [-0.05, 0) is 48.8 Å². The first-order chi connectivity index (χ1) is 10.1. The maximum absolute atomic E-state index is 11.7. The van der Waals surface area contributed by atoms with Crippen LogP contribution in [0.5, 0.6) is 0 Å². The molecular formula is C18H26N2O. The average molecular weight is 286 g/mol. The van der Waals surface area contributed by atoms with Gasteiger partial charge in [0, 0.05) is 31.2 Å². The van der Waals surface area contributed by atoms with Crippen molar-refractivity contribution in [2.75, 3.05) is 11.4 Å². The van der Waals surface area contributed by atoms with Gasteiger partial charge in [0.05, 0.1) is 0 Å². The van der Waals surface area contributed by atoms with Gasteiger partial charge in [0.15, 0.2) is 0 Å². The van der Waals surface area contributed by atoms with Gasteiger partial charge in [0.2, 0.25) is 5.91 Å². The number of nitrogens with one attached hydrogen (secondary N) is 1. The van der Waals surface area contributed by atoms with E-state index in [0.717, 1.165) is 37.0 Å². The van der Waals surface area contributed by atoms with Gasteiger partial charge in [-0.1, -0.05) is 26.0 Å². The zero-order chi connectivity index (χ0) is 14.8. The fourth-order valence-corrected chi connectivity index (χ4v) is 3.35. The monoisotopic (exact) mass is 286 g/mol. The van der Waals surface area contributed by atoms with E-state index in [-0.39, 0.29) is 5.91 Å². The van der Waals surface area contributed by atoms with E-state index in [0.29, 0.717) is 12.5 Å². The van der Waals surface area contributed by atoms with Crippen molar-refractivity contribution in [2.45, 2.75) is 52.1 Å². The van der Waals surface area contributed by atoms with E-state index in [1.54, 1.807) is 0 Å². The van der Waals surface area contributed by atoms with Gasteiger partial charge >= 0.3 is 0 Å². The number of benzene rings is 1. The third-order valence-corrected chi connectivity index (χ3v) is 5.03. The molecule has 1 aromatic rings. The molecule has 1 N–H and O–H groups in total. The van der Waals surface area contributed by atoms with Crippen LogP contribution >= 0.6 is 0 Å². The van der Waals surface area contributed by atoms with Crippen LogP contribution in [-0.4, -0.2) is 18.5 Å². The van der Waals surface area contributed by atoms with Crippen molar-refractivity contribution in [1.82, 2.24) is 5.32 Å². The molecule has 1 aliphatic carbocycles. The molecule has 0 spiro atoms. The van der Waals surface area contributed by atoms with Crippen LogP contribution in [0.1, 0.15) is 45.1 Å². The van der Waals surface area contributed by atoms with Crippen molar-refractivity contribution >= 4 is 11.6 Å². The highest BCUT2D eigenvalue weighted by atomic mass is 16.2. The molecule has 1 amide bonds. The quantitative estimate of drug-likeness (QED) is 0.900. The molecule has 3 nitrogen and oxygen atoms in total. The number of rotatable bonds is 5. The lowest BCUT2D eigenvalue weighted by atomic mass is 9.73. The maximum Gasteiger partial charge on any atom is 0.227 e. The van der Waals surface area contributed by atoms with Crippen molar-refractivity contribution in [3.8, 4) is 0 Å². The topological polar surface area (TPSA) is 32.3 Å². The van der Waals surface area contributed by atoms with Gasteiger partial charge in [-0.2, -0.15) is 0 Å². The van der Waals surface area contributed by atoms with Crippen molar-refractivity contribution in [3.05, 3.63) is 29.8 Å². The molecule has 1 aliphatic heterocycles. The Morgan fingerprint density at radius 3 is 2.52 bits per heavy atom. The summed E-state index contributed by atoms with van der Waals surface area (Å²) < 4.78 is 0. The maximum atomic E-state index is 11.7. The number of carbonyl (C=O) groups is 1. The van der Waals surface area contributed by atoms with Crippen LogP contribution in [-0.2, 0) is 11.3 Å². The smallest absolute Gasteiger partial charge is 0.227 e. The van der Waals surface area contributed by atoms with Gasteiger partial charge in [-0.3, -0.25) is 4.79 Å². The summed E-state index contributed by atoms with van der Waals surface area (Å²) in [6.07, 6.45) is 4.32. The van der Waals surface area contributed by atoms with Crippen LogP contribution < -0.4 is 10.2 Å². The molecule has 114 valence electrons. The SMILES string of the molecule is CC(C)C1CC(NCc2ccc(N3CCCC3=O)cc2)C1. The molecule has 0 unspecified atom stereocenters. The Morgan fingerprint density at radius 1 is 1.24 bits per heavy atom. The van der Waals surface area contributed by atoms with E-state index in [1.807, 2.05) is 4.90 Å². The van der Waals surface area contributed by atoms with Crippen molar-refractivity contribution < 1.29 is 4.79 Å². The number of hydrogen-bond acceptors (Lipinski definition) is 2. The van der Waals surface area contributed by atoms with Gasteiger partial charge < -0.3 is 10.2 Å². The van der Waals surface area contributed by atoms with Crippen LogP contribution in [0.2, 0.25) is 0 Å². The molecule has 1 heterocycles. The average Bonchev–Trinajstić information content (AvgIpc) is 2.83. The predicted molar refractivity (Wildman–Crippen MR) is 86.2 cm³/mol. The van der Waals surface area contributed by atoms with Crippen molar-refractivity contribution in [2.24, 2.45) is 11.8 Å². The van der Waals surface area contributed by atoms with Gasteiger partial charge in [0.1, 0.15) is 0 Å². The molecule has 0 radical (unpaired) electrons. The third kappa shape index (κ3) is 3.29. The molecule has 2 fully saturated rings. The molecule has 3 rings (SSSR count). The summed E-state index contributed by atoms with van der Waals surface area (Å²) in [4.78, 5) is 13.6. The Morgan fingerprint density at radius 2 is 1.95 bits per heavy atom. The minimum absolute atomic E-state index is 0.259. The number of amides is 1. The van der Waals surface area contributed by atoms with Gasteiger partial charge in [0.25, 0.3) is 0 Å². The van der Waals surface area contributed by atoms with Gasteiger partial charge in [-0.15, -0.1) is 0 Å². The largest absolute Gasteiger partial charge is 0.312 e. The van der Waals surface area contributed by atoms with Crippen molar-refractivity contribution in [3.63, 3.8) is 0 Å². The fraction of sp³-hybridized carbons (Fsp3) is 0.611. The standard InChI is InChI=1S/C18H26N2O/c1-13(2)15-10-16(11-15)19-12-14-5-7-17(8-6-14)20-9-3-4-18(20)21/h5-8,13,15-16,19H,3-4,9-12H2,1-2H3. The van der Waals surface area contributed by atoms with Gasteiger partial charge in [-0.25, -0.2) is 0 Å². The van der Waals surface area contributed by atoms with E-state index in [9.17, 15) is 4.79 Å². The third-order valence-electron chi connectivity index (χ3n) is 5.03. The Kier molecular flexibility index (Phi) is 4.29. The predicted octanol–water partition coefficient (Wildman–Crippen LogP) is 3.34. The highest BCUT2D eigenvalue weighted by Crippen LogP contribution is 2.33. The first-order valence-electron chi connectivity index (χ1n) is 8.26. The molecule has 21 heavy (non-hydrogen) atoms. The highest BCUT2D eigenvalue weighted by molar-refractivity contribution is 5.95. The minimum Gasteiger partial charge on any atom is -0.312 e. The molecule has 0 aromatic heterocycles. The Labute approximate surface area is 127 Å². The van der Waals surface area contributed by atoms with Crippen LogP contribution in [0.15, 0.2) is 24.3 Å². The molecule has 1 saturated carbocycles. The zero-order valence-electron chi connectivity index (χ0n) is 13.1. The van der Waals surface area contributed by atoms with E-state index < -0.39 is 0 Å². The Hall–Kier alpha value is -1.35. The lowest BCUT2D eigenvalue weighted by Crippen LogP contribution is -2.42. The van der Waals surface area contributed by atoms with Crippen LogP contribution in [0.3, 0.4) is 0 Å². The molecule has 1 aromatic carbocycles. The summed E-state index contributed by atoms with van der Waals surface area (Å²) in [5.74, 6) is 1.99. The van der Waals surface area contributed by atoms with Crippen LogP contribution in [0, 0.1) is 11.8 Å². The van der Waals surface area contributed by atoms with Crippen LogP contribution in [0.25, 0.3) is 0 Å². The second-order valence-electron chi connectivity index (χ2n) is 6.87. The second kappa shape index (κ2) is 6.18. The normalized spacial score (nSPS) is 25.5. The summed E-state index contributed by atoms with van der Waals surface area (Å²) in [5.41, 5.74) is 2.35. The summed E-state index contributed by atoms with van der Waals surface area (Å²) in [6, 6.07) is 9.15. The first kappa shape index (κ1) is 14.6. The summed E-state index contributed by atoms with van der Waals surface area (Å²) in [6.45, 7) is 6.44. The molecule has 1 saturated heterocycles. The first-order valence-corrected chi connectivity index (χ1v) is 8.26. The minimum atomic E-state index is 0.259. The van der Waals surface area contributed by atoms with Crippen LogP contribution in [0.4, 0.5) is 5.69 Å². The molecule has 0 atom stereocenters. The number of nitrogens with zero attached hydrogens (tertiary/aromatic N) is 1. The fourth-order valence-electron chi connectivity index (χ4n) is 3.35. The Balaban J connectivity index is 1.48. The second-order valence-corrected chi connectivity index (χ2v) is 6.87. The van der Waals surface area contributed by atoms with E-state index in [1.165, 1.54) is 18.4 Å². The van der Waals surface area contributed by atoms with E-state index >= 15 is 0 Å². The summed E-state index contributed by atoms with van der Waals surface area (Å²) in [5, 5.41) is 3.64. The number of hydrogen-bond donors (Lipinski definition) is 1. The molecule has 0 bridgehead atoms. The summed E-state index contributed by atoms with van der Waals surface area (Å²) >= 11 is 0. The number of carbonyl (C=O) groups excluding carboxylic acids is 1. The summed E-state index contributed by atoms with van der Waals surface area (Å²) in [7, 11) is 0. The molecular weight excluding hydrogens is 260 g/mol. The van der Waals surface area contributed by atoms with E-state index in [4.69, 9.17) is 0 Å². The van der Waals surface area contributed by atoms with Crippen molar-refractivity contribution in [1.29, 1.82) is 0 Å². The molecule has 2 aliphatic rings. The lowest BCUT2D eigenvalue weighted by Gasteiger charge is -2.38.